The summed E-state index contributed by atoms with van der Waals surface area (Å²) in [7, 11) is 1.75. The van der Waals surface area contributed by atoms with Crippen molar-refractivity contribution >= 4 is 23.2 Å². The molecule has 0 bridgehead atoms. The van der Waals surface area contributed by atoms with Gasteiger partial charge in [0.2, 0.25) is 5.67 Å². The van der Waals surface area contributed by atoms with Crippen LogP contribution in [0.15, 0.2) is 24.5 Å². The SMILES string of the molecule is Cn1cnc(C2CC3CC(O)(C#CC4(F)COC4)CC3C2)c1C(=O)Nc1ccc(F)c(Cl)c1. The summed E-state index contributed by atoms with van der Waals surface area (Å²) in [5.74, 6) is 5.00. The Bertz CT molecular complexity index is 1150. The first-order valence-electron chi connectivity index (χ1n) is 11.0. The quantitative estimate of drug-likeness (QED) is 0.661. The first kappa shape index (κ1) is 22.3. The van der Waals surface area contributed by atoms with Gasteiger partial charge in [0, 0.05) is 18.7 Å². The van der Waals surface area contributed by atoms with Crippen LogP contribution in [0.2, 0.25) is 5.02 Å². The van der Waals surface area contributed by atoms with Crippen molar-refractivity contribution < 1.29 is 23.4 Å². The van der Waals surface area contributed by atoms with E-state index in [9.17, 15) is 18.7 Å². The van der Waals surface area contributed by atoms with E-state index in [0.29, 0.717) is 29.9 Å². The molecule has 2 saturated carbocycles. The van der Waals surface area contributed by atoms with E-state index < -0.39 is 17.1 Å². The number of benzene rings is 1. The maximum Gasteiger partial charge on any atom is 0.274 e. The number of alkyl halides is 1. The largest absolute Gasteiger partial charge is 0.378 e. The van der Waals surface area contributed by atoms with Crippen molar-refractivity contribution in [2.24, 2.45) is 18.9 Å². The Balaban J connectivity index is 1.29. The number of rotatable bonds is 3. The number of hydrogen-bond acceptors (Lipinski definition) is 4. The van der Waals surface area contributed by atoms with Gasteiger partial charge in [0.15, 0.2) is 0 Å². The van der Waals surface area contributed by atoms with Crippen LogP contribution >= 0.6 is 11.6 Å². The molecule has 5 rings (SSSR count). The minimum Gasteiger partial charge on any atom is -0.378 e. The molecule has 0 radical (unpaired) electrons. The molecule has 1 saturated heterocycles. The molecule has 3 fully saturated rings. The number of hydrogen-bond donors (Lipinski definition) is 2. The first-order chi connectivity index (χ1) is 15.6. The molecule has 2 unspecified atom stereocenters. The van der Waals surface area contributed by atoms with Crippen molar-refractivity contribution in [2.75, 3.05) is 18.5 Å². The van der Waals surface area contributed by atoms with Crippen LogP contribution in [0.1, 0.15) is 47.8 Å². The summed E-state index contributed by atoms with van der Waals surface area (Å²) in [4.78, 5) is 17.5. The summed E-state index contributed by atoms with van der Waals surface area (Å²) in [6, 6.07) is 4.02. The lowest BCUT2D eigenvalue weighted by Gasteiger charge is -2.29. The summed E-state index contributed by atoms with van der Waals surface area (Å²) in [6.45, 7) is -0.0840. The van der Waals surface area contributed by atoms with Gasteiger partial charge < -0.3 is 19.7 Å². The maximum atomic E-state index is 14.1. The minimum atomic E-state index is -1.64. The van der Waals surface area contributed by atoms with Crippen molar-refractivity contribution in [1.82, 2.24) is 9.55 Å². The fourth-order valence-electron chi connectivity index (χ4n) is 5.36. The van der Waals surface area contributed by atoms with Crippen molar-refractivity contribution in [3.63, 3.8) is 0 Å². The van der Waals surface area contributed by atoms with E-state index in [4.69, 9.17) is 16.3 Å². The number of carbonyl (C=O) groups is 1. The maximum absolute atomic E-state index is 14.1. The average Bonchev–Trinajstić information content (AvgIpc) is 3.39. The van der Waals surface area contributed by atoms with E-state index in [0.717, 1.165) is 12.8 Å². The number of anilines is 1. The van der Waals surface area contributed by atoms with E-state index in [1.54, 1.807) is 17.9 Å². The predicted molar refractivity (Wildman–Crippen MR) is 118 cm³/mol. The summed E-state index contributed by atoms with van der Waals surface area (Å²) in [5, 5.41) is 13.6. The number of aliphatic hydroxyl groups is 1. The monoisotopic (exact) mass is 475 g/mol. The van der Waals surface area contributed by atoms with Gasteiger partial charge in [0.05, 0.1) is 30.3 Å². The number of carbonyl (C=O) groups excluding carboxylic acids is 1. The molecule has 33 heavy (non-hydrogen) atoms. The van der Waals surface area contributed by atoms with Crippen molar-refractivity contribution in [3.05, 3.63) is 46.8 Å². The van der Waals surface area contributed by atoms with E-state index in [1.165, 1.54) is 18.2 Å². The standard InChI is InChI=1S/C24H24ClF2N3O3/c1-30-13-28-20(21(30)22(31)29-17-2-3-19(26)18(25)8-17)14-6-15-9-24(32,10-16(15)7-14)5-4-23(27)11-33-12-23/h2-3,8,13-16,32H,6-7,9-12H2,1H3,(H,29,31). The van der Waals surface area contributed by atoms with Crippen molar-refractivity contribution in [2.45, 2.75) is 42.9 Å². The van der Waals surface area contributed by atoms with Crippen LogP contribution in [0.5, 0.6) is 0 Å². The lowest BCUT2D eigenvalue weighted by atomic mass is 9.91. The number of aryl methyl sites for hydroxylation is 1. The molecule has 0 spiro atoms. The summed E-state index contributed by atoms with van der Waals surface area (Å²) in [5.41, 5.74) is -1.27. The smallest absolute Gasteiger partial charge is 0.274 e. The molecule has 6 nitrogen and oxygen atoms in total. The summed E-state index contributed by atoms with van der Waals surface area (Å²) >= 11 is 5.82. The highest BCUT2D eigenvalue weighted by Gasteiger charge is 2.50. The van der Waals surface area contributed by atoms with E-state index >= 15 is 0 Å². The normalized spacial score (nSPS) is 29.7. The Morgan fingerprint density at radius 1 is 1.30 bits per heavy atom. The minimum absolute atomic E-state index is 0.0420. The molecule has 174 valence electrons. The van der Waals surface area contributed by atoms with Gasteiger partial charge in [0.1, 0.15) is 17.1 Å². The molecular formula is C24H24ClF2N3O3. The molecule has 1 amide bonds. The van der Waals surface area contributed by atoms with Gasteiger partial charge in [-0.25, -0.2) is 13.8 Å². The lowest BCUT2D eigenvalue weighted by molar-refractivity contribution is -0.0937. The van der Waals surface area contributed by atoms with Crippen LogP contribution in [0.4, 0.5) is 14.5 Å². The lowest BCUT2D eigenvalue weighted by Crippen LogP contribution is -2.44. The van der Waals surface area contributed by atoms with Gasteiger partial charge >= 0.3 is 0 Å². The molecule has 2 aromatic rings. The van der Waals surface area contributed by atoms with Gasteiger partial charge in [0.25, 0.3) is 5.91 Å². The Morgan fingerprint density at radius 2 is 2.00 bits per heavy atom. The number of fused-ring (bicyclic) bond motifs is 1. The van der Waals surface area contributed by atoms with Crippen molar-refractivity contribution in [1.29, 1.82) is 0 Å². The predicted octanol–water partition coefficient (Wildman–Crippen LogP) is 3.84. The zero-order valence-electron chi connectivity index (χ0n) is 18.1. The highest BCUT2D eigenvalue weighted by Crippen LogP contribution is 2.54. The Hall–Kier alpha value is -2.47. The zero-order valence-corrected chi connectivity index (χ0v) is 18.8. The summed E-state index contributed by atoms with van der Waals surface area (Å²) < 4.78 is 34.1. The van der Waals surface area contributed by atoms with Crippen LogP contribution in [0.3, 0.4) is 0 Å². The van der Waals surface area contributed by atoms with E-state index in [2.05, 4.69) is 22.1 Å². The molecule has 1 aliphatic heterocycles. The first-order valence-corrected chi connectivity index (χ1v) is 11.3. The molecule has 2 aliphatic carbocycles. The molecule has 1 aromatic heterocycles. The third-order valence-electron chi connectivity index (χ3n) is 6.97. The van der Waals surface area contributed by atoms with Gasteiger partial charge in [-0.2, -0.15) is 0 Å². The average molecular weight is 476 g/mol. The molecular weight excluding hydrogens is 452 g/mol. The van der Waals surface area contributed by atoms with Crippen LogP contribution < -0.4 is 5.32 Å². The third kappa shape index (κ3) is 4.25. The summed E-state index contributed by atoms with van der Waals surface area (Å²) in [6.07, 6.45) is 4.14. The van der Waals surface area contributed by atoms with Gasteiger partial charge in [-0.1, -0.05) is 23.4 Å². The van der Waals surface area contributed by atoms with E-state index in [-0.39, 0.29) is 41.9 Å². The second-order valence-electron chi connectivity index (χ2n) is 9.51. The highest BCUT2D eigenvalue weighted by molar-refractivity contribution is 6.31. The number of imidazole rings is 1. The van der Waals surface area contributed by atoms with Crippen LogP contribution in [-0.4, -0.2) is 45.0 Å². The van der Waals surface area contributed by atoms with Gasteiger partial charge in [-0.15, -0.1) is 0 Å². The number of aromatic nitrogens is 2. The Morgan fingerprint density at radius 3 is 2.61 bits per heavy atom. The number of amides is 1. The fourth-order valence-corrected chi connectivity index (χ4v) is 5.54. The third-order valence-corrected chi connectivity index (χ3v) is 7.26. The fraction of sp³-hybridized carbons (Fsp3) is 0.500. The molecule has 9 heteroatoms. The van der Waals surface area contributed by atoms with Gasteiger partial charge in [-0.3, -0.25) is 4.79 Å². The molecule has 3 aliphatic rings. The van der Waals surface area contributed by atoms with E-state index in [1.807, 2.05) is 0 Å². The zero-order chi connectivity index (χ0) is 23.4. The molecule has 2 N–H and O–H groups in total. The van der Waals surface area contributed by atoms with Crippen molar-refractivity contribution in [3.8, 4) is 11.8 Å². The number of nitrogens with one attached hydrogen (secondary N) is 1. The second-order valence-corrected chi connectivity index (χ2v) is 9.92. The number of nitrogens with zero attached hydrogens (tertiary/aromatic N) is 2. The number of halogens is 3. The molecule has 1 aromatic carbocycles. The molecule has 2 atom stereocenters. The topological polar surface area (TPSA) is 76.4 Å². The van der Waals surface area contributed by atoms with Crippen LogP contribution in [-0.2, 0) is 11.8 Å². The van der Waals surface area contributed by atoms with Crippen LogP contribution in [0.25, 0.3) is 0 Å². The highest BCUT2D eigenvalue weighted by atomic mass is 35.5. The van der Waals surface area contributed by atoms with Gasteiger partial charge in [-0.05, 0) is 55.7 Å². The second kappa shape index (κ2) is 8.08. The molecule has 2 heterocycles. The number of ether oxygens (including phenoxy) is 1. The Labute approximate surface area is 195 Å². The van der Waals surface area contributed by atoms with Crippen LogP contribution in [0, 0.1) is 29.5 Å². The Kier molecular flexibility index (Phi) is 5.47.